The van der Waals surface area contributed by atoms with Crippen LogP contribution in [0.25, 0.3) is 0 Å². The van der Waals surface area contributed by atoms with Crippen molar-refractivity contribution in [3.63, 3.8) is 0 Å². The van der Waals surface area contributed by atoms with E-state index in [0.29, 0.717) is 5.69 Å². The number of aromatic nitrogens is 3. The van der Waals surface area contributed by atoms with Crippen LogP contribution in [0.15, 0.2) is 46.5 Å². The van der Waals surface area contributed by atoms with E-state index in [1.165, 1.54) is 23.7 Å². The Balaban J connectivity index is 1.98. The van der Waals surface area contributed by atoms with Gasteiger partial charge in [0.25, 0.3) is 5.56 Å². The van der Waals surface area contributed by atoms with Crippen molar-refractivity contribution in [3.8, 4) is 5.75 Å². The maximum absolute atomic E-state index is 13.6. The van der Waals surface area contributed by atoms with Gasteiger partial charge in [0.15, 0.2) is 12.3 Å². The van der Waals surface area contributed by atoms with Crippen molar-refractivity contribution in [2.45, 2.75) is 32.7 Å². The molecule has 0 saturated heterocycles. The molecule has 1 aliphatic rings. The first-order valence-electron chi connectivity index (χ1n) is 8.13. The minimum absolute atomic E-state index is 0.00585. The van der Waals surface area contributed by atoms with Crippen LogP contribution in [-0.4, -0.2) is 32.2 Å². The van der Waals surface area contributed by atoms with Crippen LogP contribution in [0.3, 0.4) is 0 Å². The Labute approximate surface area is 152 Å². The molecule has 27 heavy (non-hydrogen) atoms. The highest BCUT2D eigenvalue weighted by molar-refractivity contribution is 5.60. The first-order valence-corrected chi connectivity index (χ1v) is 8.13. The Hall–Kier alpha value is -3.10. The lowest BCUT2D eigenvalue weighted by Gasteiger charge is -2.19. The van der Waals surface area contributed by atoms with E-state index in [0.717, 1.165) is 17.7 Å². The number of hydrogen-bond donors (Lipinski definition) is 2. The maximum Gasteiger partial charge on any atom is 0.296 e. The Morgan fingerprint density at radius 2 is 2.04 bits per heavy atom. The Morgan fingerprint density at radius 1 is 1.30 bits per heavy atom. The van der Waals surface area contributed by atoms with E-state index in [1.807, 2.05) is 0 Å². The predicted octanol–water partition coefficient (Wildman–Crippen LogP) is 3.17. The molecule has 0 amide bonds. The largest absolute Gasteiger partial charge is 0.508 e. The third-order valence-corrected chi connectivity index (χ3v) is 4.07. The fourth-order valence-electron chi connectivity index (χ4n) is 2.59. The average molecular weight is 378 g/mol. The van der Waals surface area contributed by atoms with E-state index in [-0.39, 0.29) is 29.5 Å². The second-order valence-electron chi connectivity index (χ2n) is 6.22. The number of aromatic hydroxyl groups is 1. The first kappa shape index (κ1) is 18.7. The number of allylic oxidation sites excluding steroid dienone is 4. The standard InChI is InChI=1S/C18H17F3N4O2/c1-9-3-4-12(26)7-15(9)22-18-23-17(27)10(2)24-25(18)8-11-5-13(19)16(21)14(20)6-11/h3-7,13,16,26H,8H2,1-2H3,(H,22,23,27). The summed E-state index contributed by atoms with van der Waals surface area (Å²) < 4.78 is 41.7. The summed E-state index contributed by atoms with van der Waals surface area (Å²) in [6.07, 6.45) is -2.54. The molecule has 0 aliphatic heterocycles. The number of phenols is 1. The molecule has 142 valence electrons. The quantitative estimate of drug-likeness (QED) is 0.854. The van der Waals surface area contributed by atoms with Crippen molar-refractivity contribution in [1.29, 1.82) is 0 Å². The van der Waals surface area contributed by atoms with E-state index in [9.17, 15) is 23.1 Å². The number of nitrogens with zero attached hydrogens (tertiary/aromatic N) is 3. The molecule has 2 unspecified atom stereocenters. The van der Waals surface area contributed by atoms with Crippen molar-refractivity contribution >= 4 is 11.6 Å². The molecular weight excluding hydrogens is 361 g/mol. The Kier molecular flexibility index (Phi) is 5.02. The van der Waals surface area contributed by atoms with Gasteiger partial charge in [-0.15, -0.1) is 0 Å². The Bertz CT molecular complexity index is 1000. The highest BCUT2D eigenvalue weighted by Crippen LogP contribution is 2.27. The molecule has 0 bridgehead atoms. The van der Waals surface area contributed by atoms with Gasteiger partial charge in [0.1, 0.15) is 17.3 Å². The lowest BCUT2D eigenvalue weighted by molar-refractivity contribution is 0.205. The highest BCUT2D eigenvalue weighted by Gasteiger charge is 2.28. The molecule has 2 aromatic rings. The monoisotopic (exact) mass is 378 g/mol. The summed E-state index contributed by atoms with van der Waals surface area (Å²) in [5.74, 6) is -1.18. The van der Waals surface area contributed by atoms with Crippen LogP contribution in [0.1, 0.15) is 11.3 Å². The molecule has 1 aromatic carbocycles. The molecule has 1 aromatic heterocycles. The molecule has 3 rings (SSSR count). The molecule has 9 heteroatoms. The molecule has 2 N–H and O–H groups in total. The number of phenolic OH excluding ortho intramolecular Hbond substituents is 1. The van der Waals surface area contributed by atoms with Crippen LogP contribution in [0.2, 0.25) is 0 Å². The van der Waals surface area contributed by atoms with Crippen molar-refractivity contribution < 1.29 is 18.3 Å². The zero-order valence-electron chi connectivity index (χ0n) is 14.6. The summed E-state index contributed by atoms with van der Waals surface area (Å²) in [6.45, 7) is 3.11. The molecule has 1 heterocycles. The fraction of sp³-hybridized carbons (Fsp3) is 0.278. The van der Waals surface area contributed by atoms with E-state index < -0.39 is 23.7 Å². The van der Waals surface area contributed by atoms with Gasteiger partial charge in [-0.05, 0) is 43.2 Å². The number of anilines is 2. The second-order valence-corrected chi connectivity index (χ2v) is 6.22. The number of hydrogen-bond acceptors (Lipinski definition) is 5. The topological polar surface area (TPSA) is 80.0 Å². The number of alkyl halides is 2. The summed E-state index contributed by atoms with van der Waals surface area (Å²) in [6, 6.07) is 4.61. The zero-order chi connectivity index (χ0) is 19.7. The zero-order valence-corrected chi connectivity index (χ0v) is 14.6. The maximum atomic E-state index is 13.6. The fourth-order valence-corrected chi connectivity index (χ4v) is 2.59. The normalized spacial score (nSPS) is 19.4. The lowest BCUT2D eigenvalue weighted by Crippen LogP contribution is -2.25. The van der Waals surface area contributed by atoms with Gasteiger partial charge >= 0.3 is 0 Å². The molecule has 6 nitrogen and oxygen atoms in total. The first-order chi connectivity index (χ1) is 12.7. The number of nitrogens with one attached hydrogen (secondary N) is 1. The number of benzene rings is 1. The highest BCUT2D eigenvalue weighted by atomic mass is 19.2. The Morgan fingerprint density at radius 3 is 2.74 bits per heavy atom. The molecule has 2 atom stereocenters. The number of aryl methyl sites for hydroxylation is 2. The molecule has 1 aliphatic carbocycles. The molecule has 0 saturated carbocycles. The minimum atomic E-state index is -2.32. The summed E-state index contributed by atoms with van der Waals surface area (Å²) in [4.78, 5) is 15.8. The number of halogens is 3. The summed E-state index contributed by atoms with van der Waals surface area (Å²) in [7, 11) is 0. The smallest absolute Gasteiger partial charge is 0.296 e. The van der Waals surface area contributed by atoms with Gasteiger partial charge in [-0.25, -0.2) is 17.9 Å². The van der Waals surface area contributed by atoms with E-state index in [2.05, 4.69) is 15.4 Å². The van der Waals surface area contributed by atoms with Crippen molar-refractivity contribution in [2.24, 2.45) is 0 Å². The van der Waals surface area contributed by atoms with Gasteiger partial charge in [0.2, 0.25) is 5.95 Å². The molecule has 0 radical (unpaired) electrons. The van der Waals surface area contributed by atoms with Crippen LogP contribution in [-0.2, 0) is 6.54 Å². The van der Waals surface area contributed by atoms with Crippen molar-refractivity contribution in [2.75, 3.05) is 5.32 Å². The van der Waals surface area contributed by atoms with Crippen molar-refractivity contribution in [1.82, 2.24) is 14.8 Å². The van der Waals surface area contributed by atoms with Crippen LogP contribution in [0.4, 0.5) is 24.8 Å². The SMILES string of the molecule is Cc1ccc(O)cc1Nc1nc(=O)c(C)nn1CC1=CC(F)C(F)C(F)=C1. The van der Waals surface area contributed by atoms with Gasteiger partial charge < -0.3 is 10.4 Å². The molecule has 0 spiro atoms. The van der Waals surface area contributed by atoms with Crippen LogP contribution in [0, 0.1) is 13.8 Å². The van der Waals surface area contributed by atoms with Gasteiger partial charge in [0, 0.05) is 11.8 Å². The summed E-state index contributed by atoms with van der Waals surface area (Å²) in [5, 5.41) is 16.6. The minimum Gasteiger partial charge on any atom is -0.508 e. The summed E-state index contributed by atoms with van der Waals surface area (Å²) in [5.41, 5.74) is 0.920. The van der Waals surface area contributed by atoms with E-state index in [4.69, 9.17) is 0 Å². The predicted molar refractivity (Wildman–Crippen MR) is 94.2 cm³/mol. The van der Waals surface area contributed by atoms with Gasteiger partial charge in [-0.3, -0.25) is 4.79 Å². The van der Waals surface area contributed by atoms with Crippen molar-refractivity contribution in [3.05, 3.63) is 63.4 Å². The number of rotatable bonds is 4. The van der Waals surface area contributed by atoms with Crippen LogP contribution in [0.5, 0.6) is 5.75 Å². The van der Waals surface area contributed by atoms with Gasteiger partial charge in [-0.2, -0.15) is 10.1 Å². The second kappa shape index (κ2) is 7.26. The van der Waals surface area contributed by atoms with E-state index >= 15 is 0 Å². The van der Waals surface area contributed by atoms with Gasteiger partial charge in [0.05, 0.1) is 6.54 Å². The third-order valence-electron chi connectivity index (χ3n) is 4.07. The van der Waals surface area contributed by atoms with Crippen LogP contribution < -0.4 is 10.9 Å². The lowest BCUT2D eigenvalue weighted by atomic mass is 10.0. The molecular formula is C18H17F3N4O2. The molecule has 0 fully saturated rings. The van der Waals surface area contributed by atoms with Crippen LogP contribution >= 0.6 is 0 Å². The summed E-state index contributed by atoms with van der Waals surface area (Å²) >= 11 is 0. The van der Waals surface area contributed by atoms with E-state index in [1.54, 1.807) is 13.0 Å². The van der Waals surface area contributed by atoms with Gasteiger partial charge in [-0.1, -0.05) is 6.07 Å². The third kappa shape index (κ3) is 4.02. The average Bonchev–Trinajstić information content (AvgIpc) is 2.60.